The minimum absolute atomic E-state index is 0.521. The van der Waals surface area contributed by atoms with Gasteiger partial charge in [0.05, 0.1) is 0 Å². The van der Waals surface area contributed by atoms with E-state index < -0.39 is 12.0 Å². The Balaban J connectivity index is 1.67. The Morgan fingerprint density at radius 2 is 1.75 bits per heavy atom. The number of hydrogen-bond donors (Lipinski definition) is 1. The summed E-state index contributed by atoms with van der Waals surface area (Å²) in [7, 11) is 0. The van der Waals surface area contributed by atoms with Gasteiger partial charge < -0.3 is 10.0 Å². The molecule has 1 aliphatic heterocycles. The number of piperazine rings is 1. The van der Waals surface area contributed by atoms with Crippen molar-refractivity contribution in [3.63, 3.8) is 0 Å². The predicted molar refractivity (Wildman–Crippen MR) is 77.3 cm³/mol. The van der Waals surface area contributed by atoms with Crippen LogP contribution in [-0.4, -0.2) is 47.1 Å². The van der Waals surface area contributed by atoms with Crippen LogP contribution in [0, 0.1) is 0 Å². The summed E-state index contributed by atoms with van der Waals surface area (Å²) in [5, 5.41) is 9.53. The van der Waals surface area contributed by atoms with Crippen molar-refractivity contribution in [3.8, 4) is 0 Å². The van der Waals surface area contributed by atoms with Crippen molar-refractivity contribution in [1.29, 1.82) is 0 Å². The molecule has 4 heteroatoms. The molecule has 1 unspecified atom stereocenters. The van der Waals surface area contributed by atoms with Gasteiger partial charge in [-0.1, -0.05) is 35.9 Å². The molecule has 1 saturated carbocycles. The minimum Gasteiger partial charge on any atom is -0.480 e. The molecule has 1 atom stereocenters. The molecular formula is C16H20N2O2. The summed E-state index contributed by atoms with van der Waals surface area (Å²) in [6.45, 7) is 3.44. The Morgan fingerprint density at radius 1 is 1.10 bits per heavy atom. The maximum atomic E-state index is 11.6. The average molecular weight is 272 g/mol. The number of hydrogen-bond acceptors (Lipinski definition) is 3. The molecule has 3 rings (SSSR count). The van der Waals surface area contributed by atoms with E-state index in [1.54, 1.807) is 0 Å². The first-order chi connectivity index (χ1) is 9.74. The van der Waals surface area contributed by atoms with Crippen LogP contribution in [0.4, 0.5) is 0 Å². The molecule has 1 aromatic rings. The molecule has 0 spiro atoms. The molecule has 1 aliphatic carbocycles. The predicted octanol–water partition coefficient (Wildman–Crippen LogP) is 2.11. The van der Waals surface area contributed by atoms with E-state index in [1.807, 2.05) is 30.3 Å². The van der Waals surface area contributed by atoms with Crippen LogP contribution in [0.3, 0.4) is 0 Å². The van der Waals surface area contributed by atoms with Gasteiger partial charge >= 0.3 is 5.97 Å². The van der Waals surface area contributed by atoms with E-state index in [2.05, 4.69) is 16.0 Å². The van der Waals surface area contributed by atoms with Crippen molar-refractivity contribution >= 4 is 5.97 Å². The van der Waals surface area contributed by atoms with E-state index in [9.17, 15) is 9.90 Å². The summed E-state index contributed by atoms with van der Waals surface area (Å²) in [5.74, 6) is -0.759. The average Bonchev–Trinajstić information content (AvgIpc) is 3.26. The van der Waals surface area contributed by atoms with Gasteiger partial charge in [-0.3, -0.25) is 9.69 Å². The quantitative estimate of drug-likeness (QED) is 0.911. The first-order valence-electron chi connectivity index (χ1n) is 7.19. The summed E-state index contributed by atoms with van der Waals surface area (Å²) < 4.78 is 0. The number of benzene rings is 1. The second kappa shape index (κ2) is 5.67. The van der Waals surface area contributed by atoms with Crippen LogP contribution in [0.25, 0.3) is 0 Å². The number of nitrogens with zero attached hydrogens (tertiary/aromatic N) is 2. The maximum Gasteiger partial charge on any atom is 0.325 e. The van der Waals surface area contributed by atoms with Gasteiger partial charge in [0.2, 0.25) is 0 Å². The normalized spacial score (nSPS) is 20.6. The van der Waals surface area contributed by atoms with Crippen LogP contribution < -0.4 is 0 Å². The molecule has 4 nitrogen and oxygen atoms in total. The maximum absolute atomic E-state index is 11.6. The van der Waals surface area contributed by atoms with Crippen LogP contribution in [0.1, 0.15) is 24.4 Å². The van der Waals surface area contributed by atoms with Crippen molar-refractivity contribution in [1.82, 2.24) is 9.80 Å². The highest BCUT2D eigenvalue weighted by Gasteiger charge is 2.29. The highest BCUT2D eigenvalue weighted by molar-refractivity contribution is 5.75. The van der Waals surface area contributed by atoms with Crippen molar-refractivity contribution in [2.45, 2.75) is 18.9 Å². The van der Waals surface area contributed by atoms with E-state index in [-0.39, 0.29) is 0 Å². The van der Waals surface area contributed by atoms with Crippen molar-refractivity contribution in [3.05, 3.63) is 47.7 Å². The number of carbonyl (C=O) groups is 1. The number of carboxylic acid groups (broad SMARTS) is 1. The molecule has 1 aromatic carbocycles. The van der Waals surface area contributed by atoms with Crippen LogP contribution in [0.2, 0.25) is 0 Å². The molecule has 1 saturated heterocycles. The fraction of sp³-hybridized carbons (Fsp3) is 0.438. The van der Waals surface area contributed by atoms with Gasteiger partial charge in [-0.15, -0.1) is 0 Å². The van der Waals surface area contributed by atoms with E-state index in [0.29, 0.717) is 0 Å². The molecule has 2 fully saturated rings. The molecule has 106 valence electrons. The van der Waals surface area contributed by atoms with Crippen molar-refractivity contribution in [2.75, 3.05) is 26.2 Å². The van der Waals surface area contributed by atoms with Gasteiger partial charge in [0.25, 0.3) is 0 Å². The number of aliphatic carboxylic acids is 1. The Hall–Kier alpha value is -1.81. The van der Waals surface area contributed by atoms with Crippen molar-refractivity contribution < 1.29 is 9.90 Å². The zero-order chi connectivity index (χ0) is 13.9. The number of carboxylic acids is 1. The van der Waals surface area contributed by atoms with Crippen molar-refractivity contribution in [2.24, 2.45) is 0 Å². The summed E-state index contributed by atoms with van der Waals surface area (Å²) >= 11 is 0. The highest BCUT2D eigenvalue weighted by atomic mass is 16.4. The zero-order valence-electron chi connectivity index (χ0n) is 11.5. The molecule has 0 radical (unpaired) electrons. The van der Waals surface area contributed by atoms with Gasteiger partial charge in [0, 0.05) is 26.2 Å². The third kappa shape index (κ3) is 3.02. The van der Waals surface area contributed by atoms with Crippen LogP contribution in [0.15, 0.2) is 42.1 Å². The van der Waals surface area contributed by atoms with E-state index in [4.69, 9.17) is 0 Å². The lowest BCUT2D eigenvalue weighted by Crippen LogP contribution is -2.47. The molecule has 1 N–H and O–H groups in total. The highest BCUT2D eigenvalue weighted by Crippen LogP contribution is 2.29. The first-order valence-corrected chi connectivity index (χ1v) is 7.19. The Bertz CT molecular complexity index is 498. The van der Waals surface area contributed by atoms with Gasteiger partial charge in [0.1, 0.15) is 6.04 Å². The molecule has 0 aromatic heterocycles. The smallest absolute Gasteiger partial charge is 0.325 e. The summed E-state index contributed by atoms with van der Waals surface area (Å²) in [4.78, 5) is 16.0. The lowest BCUT2D eigenvalue weighted by Gasteiger charge is -2.37. The molecule has 0 amide bonds. The second-order valence-electron chi connectivity index (χ2n) is 5.51. The van der Waals surface area contributed by atoms with Gasteiger partial charge in [0.15, 0.2) is 0 Å². The molecule has 1 heterocycles. The lowest BCUT2D eigenvalue weighted by atomic mass is 10.0. The standard InChI is InChI=1S/C16H20N2O2/c19-16(20)15(14-4-2-1-3-5-14)18-10-8-17(9-11-18)12-13-6-7-13/h1-5,12,15H,6-11H2,(H,19,20). The second-order valence-corrected chi connectivity index (χ2v) is 5.51. The Morgan fingerprint density at radius 3 is 2.30 bits per heavy atom. The fourth-order valence-electron chi connectivity index (χ4n) is 2.73. The SMILES string of the molecule is O=C(O)C(c1ccccc1)N1CCN(C=C2CC2)CC1. The van der Waals surface area contributed by atoms with Gasteiger partial charge in [-0.25, -0.2) is 0 Å². The summed E-state index contributed by atoms with van der Waals surface area (Å²) in [6.07, 6.45) is 4.74. The first kappa shape index (κ1) is 13.2. The topological polar surface area (TPSA) is 43.8 Å². The monoisotopic (exact) mass is 272 g/mol. The third-order valence-corrected chi connectivity index (χ3v) is 3.97. The molecule has 0 bridgehead atoms. The van der Waals surface area contributed by atoms with E-state index >= 15 is 0 Å². The molecule has 20 heavy (non-hydrogen) atoms. The minimum atomic E-state index is -0.759. The third-order valence-electron chi connectivity index (χ3n) is 3.97. The number of allylic oxidation sites excluding steroid dienone is 1. The molecule has 2 aliphatic rings. The van der Waals surface area contributed by atoms with Gasteiger partial charge in [-0.05, 0) is 24.6 Å². The fourth-order valence-corrected chi connectivity index (χ4v) is 2.73. The molecular weight excluding hydrogens is 252 g/mol. The largest absolute Gasteiger partial charge is 0.480 e. The van der Waals surface area contributed by atoms with Crippen LogP contribution >= 0.6 is 0 Å². The summed E-state index contributed by atoms with van der Waals surface area (Å²) in [5.41, 5.74) is 2.39. The van der Waals surface area contributed by atoms with Gasteiger partial charge in [-0.2, -0.15) is 0 Å². The van der Waals surface area contributed by atoms with Crippen LogP contribution in [-0.2, 0) is 4.79 Å². The Labute approximate surface area is 119 Å². The van der Waals surface area contributed by atoms with E-state index in [1.165, 1.54) is 18.4 Å². The lowest BCUT2D eigenvalue weighted by molar-refractivity contribution is -0.144. The Kier molecular flexibility index (Phi) is 3.74. The van der Waals surface area contributed by atoms with Crippen LogP contribution in [0.5, 0.6) is 0 Å². The van der Waals surface area contributed by atoms with E-state index in [0.717, 1.165) is 31.7 Å². The zero-order valence-corrected chi connectivity index (χ0v) is 11.5. The number of rotatable bonds is 4. The summed E-state index contributed by atoms with van der Waals surface area (Å²) in [6, 6.07) is 9.00.